The molecule has 1 rings (SSSR count). The Morgan fingerprint density at radius 2 is 2.05 bits per heavy atom. The number of amides is 1. The summed E-state index contributed by atoms with van der Waals surface area (Å²) in [5.74, 6) is 0.703. The van der Waals surface area contributed by atoms with Gasteiger partial charge in [0.15, 0.2) is 0 Å². The van der Waals surface area contributed by atoms with Crippen LogP contribution in [0.1, 0.15) is 12.0 Å². The van der Waals surface area contributed by atoms with E-state index in [1.807, 2.05) is 18.2 Å². The average molecular weight is 346 g/mol. The van der Waals surface area contributed by atoms with Gasteiger partial charge in [-0.15, -0.1) is 0 Å². The average Bonchev–Trinajstić information content (AvgIpc) is 2.45. The van der Waals surface area contributed by atoms with E-state index in [4.69, 9.17) is 14.2 Å². The van der Waals surface area contributed by atoms with Gasteiger partial charge in [0.25, 0.3) is 0 Å². The maximum absolute atomic E-state index is 11.7. The summed E-state index contributed by atoms with van der Waals surface area (Å²) in [7, 11) is 3.22. The van der Waals surface area contributed by atoms with Crippen molar-refractivity contribution in [1.29, 1.82) is 0 Å². The SMILES string of the molecule is COCCOCCC(=O)NCc1cc(Br)ccc1OC. The molecule has 1 amide bonds. The summed E-state index contributed by atoms with van der Waals surface area (Å²) in [5.41, 5.74) is 0.926. The first-order chi connectivity index (χ1) is 9.67. The van der Waals surface area contributed by atoms with Crippen molar-refractivity contribution in [3.8, 4) is 5.75 Å². The largest absolute Gasteiger partial charge is 0.496 e. The molecule has 0 aliphatic carbocycles. The summed E-state index contributed by atoms with van der Waals surface area (Å²) in [6, 6.07) is 5.68. The monoisotopic (exact) mass is 345 g/mol. The van der Waals surface area contributed by atoms with Crippen molar-refractivity contribution in [2.45, 2.75) is 13.0 Å². The number of hydrogen-bond donors (Lipinski definition) is 1. The van der Waals surface area contributed by atoms with Gasteiger partial charge in [-0.3, -0.25) is 4.79 Å². The lowest BCUT2D eigenvalue weighted by Gasteiger charge is -2.10. The highest BCUT2D eigenvalue weighted by Gasteiger charge is 2.06. The van der Waals surface area contributed by atoms with Crippen molar-refractivity contribution in [2.75, 3.05) is 34.0 Å². The number of ether oxygens (including phenoxy) is 3. The summed E-state index contributed by atoms with van der Waals surface area (Å²) < 4.78 is 16.3. The second kappa shape index (κ2) is 9.74. The van der Waals surface area contributed by atoms with E-state index < -0.39 is 0 Å². The van der Waals surface area contributed by atoms with Crippen LogP contribution in [-0.4, -0.2) is 39.9 Å². The van der Waals surface area contributed by atoms with Gasteiger partial charge in [-0.25, -0.2) is 0 Å². The summed E-state index contributed by atoms with van der Waals surface area (Å²) in [5, 5.41) is 2.84. The Hall–Kier alpha value is -1.11. The number of rotatable bonds is 9. The van der Waals surface area contributed by atoms with Crippen molar-refractivity contribution >= 4 is 21.8 Å². The standard InChI is InChI=1S/C14H20BrNO4/c1-18-7-8-20-6-5-14(17)16-10-11-9-12(15)3-4-13(11)19-2/h3-4,9H,5-8,10H2,1-2H3,(H,16,17). The van der Waals surface area contributed by atoms with Gasteiger partial charge in [-0.05, 0) is 18.2 Å². The quantitative estimate of drug-likeness (QED) is 0.696. The Morgan fingerprint density at radius 3 is 2.75 bits per heavy atom. The molecule has 0 saturated carbocycles. The van der Waals surface area contributed by atoms with Gasteiger partial charge in [0, 0.05) is 30.1 Å². The molecule has 112 valence electrons. The lowest BCUT2D eigenvalue weighted by Crippen LogP contribution is -2.24. The highest BCUT2D eigenvalue weighted by molar-refractivity contribution is 9.10. The van der Waals surface area contributed by atoms with Crippen LogP contribution in [0.2, 0.25) is 0 Å². The Kier molecular flexibility index (Phi) is 8.25. The first-order valence-corrected chi connectivity index (χ1v) is 7.12. The molecule has 1 aromatic rings. The zero-order valence-corrected chi connectivity index (χ0v) is 13.4. The summed E-state index contributed by atoms with van der Waals surface area (Å²) in [6.45, 7) is 1.87. The van der Waals surface area contributed by atoms with Crippen molar-refractivity contribution in [2.24, 2.45) is 0 Å². The topological polar surface area (TPSA) is 56.8 Å². The predicted octanol–water partition coefficient (Wildman–Crippen LogP) is 2.13. The van der Waals surface area contributed by atoms with Crippen LogP contribution in [0.25, 0.3) is 0 Å². The molecule has 0 heterocycles. The highest BCUT2D eigenvalue weighted by atomic mass is 79.9. The molecule has 6 heteroatoms. The van der Waals surface area contributed by atoms with Gasteiger partial charge in [0.05, 0.1) is 26.9 Å². The molecule has 0 radical (unpaired) electrons. The molecule has 1 aromatic carbocycles. The third-order valence-electron chi connectivity index (χ3n) is 2.62. The van der Waals surface area contributed by atoms with Crippen molar-refractivity contribution in [3.05, 3.63) is 28.2 Å². The molecular formula is C14H20BrNO4. The number of nitrogens with one attached hydrogen (secondary N) is 1. The van der Waals surface area contributed by atoms with Gasteiger partial charge < -0.3 is 19.5 Å². The van der Waals surface area contributed by atoms with E-state index in [-0.39, 0.29) is 5.91 Å². The Labute approximate surface area is 127 Å². The van der Waals surface area contributed by atoms with Gasteiger partial charge in [-0.2, -0.15) is 0 Å². The van der Waals surface area contributed by atoms with Gasteiger partial charge in [-0.1, -0.05) is 15.9 Å². The van der Waals surface area contributed by atoms with E-state index in [2.05, 4.69) is 21.2 Å². The lowest BCUT2D eigenvalue weighted by atomic mass is 10.2. The molecular weight excluding hydrogens is 326 g/mol. The van der Waals surface area contributed by atoms with E-state index in [9.17, 15) is 4.79 Å². The zero-order chi connectivity index (χ0) is 14.8. The Bertz CT molecular complexity index is 426. The number of halogens is 1. The number of carbonyl (C=O) groups excluding carboxylic acids is 1. The minimum absolute atomic E-state index is 0.0514. The molecule has 0 saturated heterocycles. The van der Waals surface area contributed by atoms with Crippen LogP contribution >= 0.6 is 15.9 Å². The molecule has 0 bridgehead atoms. The fourth-order valence-corrected chi connectivity index (χ4v) is 1.99. The van der Waals surface area contributed by atoms with Gasteiger partial charge in [0.2, 0.25) is 5.91 Å². The highest BCUT2D eigenvalue weighted by Crippen LogP contribution is 2.22. The van der Waals surface area contributed by atoms with Crippen LogP contribution in [0.5, 0.6) is 5.75 Å². The number of carbonyl (C=O) groups is 1. The van der Waals surface area contributed by atoms with Gasteiger partial charge >= 0.3 is 0 Å². The summed E-state index contributed by atoms with van der Waals surface area (Å²) in [6.07, 6.45) is 0.333. The maximum Gasteiger partial charge on any atom is 0.222 e. The van der Waals surface area contributed by atoms with Crippen molar-refractivity contribution in [3.63, 3.8) is 0 Å². The minimum atomic E-state index is -0.0514. The third-order valence-corrected chi connectivity index (χ3v) is 3.12. The third kappa shape index (κ3) is 6.36. The van der Waals surface area contributed by atoms with Crippen LogP contribution in [0.15, 0.2) is 22.7 Å². The second-order valence-electron chi connectivity index (χ2n) is 4.09. The molecule has 0 fully saturated rings. The molecule has 0 unspecified atom stereocenters. The van der Waals surface area contributed by atoms with E-state index in [1.165, 1.54) is 0 Å². The van der Waals surface area contributed by atoms with Crippen LogP contribution in [-0.2, 0) is 20.8 Å². The molecule has 0 aliphatic heterocycles. The smallest absolute Gasteiger partial charge is 0.222 e. The number of hydrogen-bond acceptors (Lipinski definition) is 4. The lowest BCUT2D eigenvalue weighted by molar-refractivity contribution is -0.122. The maximum atomic E-state index is 11.7. The molecule has 1 N–H and O–H groups in total. The molecule has 0 aromatic heterocycles. The van der Waals surface area contributed by atoms with Crippen molar-refractivity contribution in [1.82, 2.24) is 5.32 Å². The van der Waals surface area contributed by atoms with Crippen LogP contribution in [0.4, 0.5) is 0 Å². The molecule has 20 heavy (non-hydrogen) atoms. The fourth-order valence-electron chi connectivity index (χ4n) is 1.58. The van der Waals surface area contributed by atoms with Crippen LogP contribution in [0.3, 0.4) is 0 Å². The minimum Gasteiger partial charge on any atom is -0.496 e. The Morgan fingerprint density at radius 1 is 1.25 bits per heavy atom. The van der Waals surface area contributed by atoms with E-state index in [1.54, 1.807) is 14.2 Å². The summed E-state index contributed by atoms with van der Waals surface area (Å²) >= 11 is 3.40. The van der Waals surface area contributed by atoms with E-state index in [0.29, 0.717) is 32.8 Å². The molecule has 0 aliphatic rings. The molecule has 0 atom stereocenters. The Balaban J connectivity index is 2.32. The van der Waals surface area contributed by atoms with Crippen molar-refractivity contribution < 1.29 is 19.0 Å². The predicted molar refractivity (Wildman–Crippen MR) is 79.9 cm³/mol. The normalized spacial score (nSPS) is 10.3. The number of methoxy groups -OCH3 is 2. The van der Waals surface area contributed by atoms with E-state index >= 15 is 0 Å². The molecule has 5 nitrogen and oxygen atoms in total. The first-order valence-electron chi connectivity index (χ1n) is 6.33. The fraction of sp³-hybridized carbons (Fsp3) is 0.500. The zero-order valence-electron chi connectivity index (χ0n) is 11.8. The second-order valence-corrected chi connectivity index (χ2v) is 5.00. The number of benzene rings is 1. The van der Waals surface area contributed by atoms with Gasteiger partial charge in [0.1, 0.15) is 5.75 Å². The van der Waals surface area contributed by atoms with Crippen LogP contribution in [0, 0.1) is 0 Å². The van der Waals surface area contributed by atoms with E-state index in [0.717, 1.165) is 15.8 Å². The molecule has 0 spiro atoms. The first kappa shape index (κ1) is 16.9. The van der Waals surface area contributed by atoms with Crippen LogP contribution < -0.4 is 10.1 Å². The summed E-state index contributed by atoms with van der Waals surface area (Å²) in [4.78, 5) is 11.7.